The summed E-state index contributed by atoms with van der Waals surface area (Å²) in [6.45, 7) is 2.02. The normalized spacial score (nSPS) is 19.6. The van der Waals surface area contributed by atoms with E-state index in [1.165, 1.54) is 16.6 Å². The van der Waals surface area contributed by atoms with E-state index in [0.29, 0.717) is 37.9 Å². The predicted molar refractivity (Wildman–Crippen MR) is 88.4 cm³/mol. The summed E-state index contributed by atoms with van der Waals surface area (Å²) in [5.41, 5.74) is 1.50. The van der Waals surface area contributed by atoms with E-state index in [4.69, 9.17) is 0 Å². The van der Waals surface area contributed by atoms with Gasteiger partial charge in [0.05, 0.1) is 11.2 Å². The van der Waals surface area contributed by atoms with Crippen molar-refractivity contribution < 1.29 is 13.3 Å². The van der Waals surface area contributed by atoms with Crippen molar-refractivity contribution in [1.82, 2.24) is 4.31 Å². The van der Waals surface area contributed by atoms with Crippen LogP contribution in [0.5, 0.6) is 0 Å². The molecule has 1 aliphatic heterocycles. The Hall–Kier alpha value is -1.87. The zero-order chi connectivity index (χ0) is 16.6. The lowest BCUT2D eigenvalue weighted by molar-refractivity contribution is -0.384. The number of hydrogen-bond donors (Lipinski definition) is 1. The van der Waals surface area contributed by atoms with Crippen LogP contribution < -0.4 is 10.2 Å². The molecule has 1 saturated heterocycles. The number of nitro groups is 1. The van der Waals surface area contributed by atoms with Crippen molar-refractivity contribution in [3.8, 4) is 0 Å². The number of benzene rings is 1. The largest absolute Gasteiger partial charge is 0.377 e. The van der Waals surface area contributed by atoms with Crippen LogP contribution in [0.3, 0.4) is 0 Å². The highest BCUT2D eigenvalue weighted by Crippen LogP contribution is 2.34. The van der Waals surface area contributed by atoms with Crippen molar-refractivity contribution >= 4 is 27.1 Å². The topological polar surface area (TPSA) is 95.8 Å². The molecule has 9 heteroatoms. The Kier molecular flexibility index (Phi) is 4.15. The number of anilines is 2. The molecule has 126 valence electrons. The van der Waals surface area contributed by atoms with Crippen LogP contribution >= 0.6 is 0 Å². The van der Waals surface area contributed by atoms with Gasteiger partial charge >= 0.3 is 0 Å². The van der Waals surface area contributed by atoms with Gasteiger partial charge in [-0.3, -0.25) is 10.1 Å². The van der Waals surface area contributed by atoms with E-state index < -0.39 is 10.0 Å². The van der Waals surface area contributed by atoms with Gasteiger partial charge in [0.25, 0.3) is 5.69 Å². The molecule has 2 fully saturated rings. The van der Waals surface area contributed by atoms with Crippen LogP contribution in [0.25, 0.3) is 0 Å². The molecule has 1 N–H and O–H groups in total. The minimum atomic E-state index is -3.16. The first-order valence-electron chi connectivity index (χ1n) is 7.59. The van der Waals surface area contributed by atoms with Gasteiger partial charge in [0, 0.05) is 44.0 Å². The van der Waals surface area contributed by atoms with Crippen LogP contribution in [-0.4, -0.2) is 56.1 Å². The molecule has 8 nitrogen and oxygen atoms in total. The zero-order valence-corrected chi connectivity index (χ0v) is 13.8. The SMILES string of the molecule is CS(=O)(=O)N1CCN(c2ccc([N+](=O)[O-])c(NC3CC3)c2)CC1. The molecule has 0 aromatic heterocycles. The van der Waals surface area contributed by atoms with E-state index in [2.05, 4.69) is 10.2 Å². The summed E-state index contributed by atoms with van der Waals surface area (Å²) in [6, 6.07) is 5.37. The van der Waals surface area contributed by atoms with Gasteiger partial charge in [0.1, 0.15) is 5.69 Å². The summed E-state index contributed by atoms with van der Waals surface area (Å²) in [5, 5.41) is 14.3. The van der Waals surface area contributed by atoms with Gasteiger partial charge < -0.3 is 10.2 Å². The fraction of sp³-hybridized carbons (Fsp3) is 0.571. The molecule has 0 spiro atoms. The number of hydrogen-bond acceptors (Lipinski definition) is 6. The molecular weight excluding hydrogens is 320 g/mol. The second-order valence-electron chi connectivity index (χ2n) is 6.03. The van der Waals surface area contributed by atoms with Gasteiger partial charge in [-0.25, -0.2) is 8.42 Å². The molecule has 1 saturated carbocycles. The highest BCUT2D eigenvalue weighted by Gasteiger charge is 2.27. The molecule has 23 heavy (non-hydrogen) atoms. The van der Waals surface area contributed by atoms with Gasteiger partial charge in [0.2, 0.25) is 10.0 Å². The molecule has 1 aliphatic carbocycles. The summed E-state index contributed by atoms with van der Waals surface area (Å²) in [6.07, 6.45) is 3.29. The molecule has 1 aromatic rings. The first kappa shape index (κ1) is 16.0. The highest BCUT2D eigenvalue weighted by atomic mass is 32.2. The van der Waals surface area contributed by atoms with Crippen molar-refractivity contribution in [3.63, 3.8) is 0 Å². The third-order valence-corrected chi connectivity index (χ3v) is 5.49. The summed E-state index contributed by atoms with van der Waals surface area (Å²) in [7, 11) is -3.16. The molecule has 0 bridgehead atoms. The zero-order valence-electron chi connectivity index (χ0n) is 12.9. The number of rotatable bonds is 5. The maximum atomic E-state index is 11.6. The second-order valence-corrected chi connectivity index (χ2v) is 8.01. The molecule has 3 rings (SSSR count). The molecule has 0 radical (unpaired) electrons. The van der Waals surface area contributed by atoms with Crippen LogP contribution in [0.1, 0.15) is 12.8 Å². The summed E-state index contributed by atoms with van der Waals surface area (Å²) >= 11 is 0. The number of nitro benzene ring substituents is 1. The van der Waals surface area contributed by atoms with E-state index in [-0.39, 0.29) is 10.6 Å². The van der Waals surface area contributed by atoms with Crippen LogP contribution in [0.2, 0.25) is 0 Å². The molecule has 1 aromatic carbocycles. The van der Waals surface area contributed by atoms with E-state index in [1.54, 1.807) is 12.1 Å². The maximum Gasteiger partial charge on any atom is 0.292 e. The van der Waals surface area contributed by atoms with Crippen molar-refractivity contribution in [2.24, 2.45) is 0 Å². The Morgan fingerprint density at radius 2 is 1.87 bits per heavy atom. The van der Waals surface area contributed by atoms with Gasteiger partial charge in [0.15, 0.2) is 0 Å². The van der Waals surface area contributed by atoms with Gasteiger partial charge in [-0.15, -0.1) is 0 Å². The molecule has 0 amide bonds. The Labute approximate surface area is 135 Å². The molecule has 0 atom stereocenters. The minimum absolute atomic E-state index is 0.0791. The lowest BCUT2D eigenvalue weighted by atomic mass is 10.2. The fourth-order valence-corrected chi connectivity index (χ4v) is 3.55. The Balaban J connectivity index is 1.76. The Morgan fingerprint density at radius 3 is 2.39 bits per heavy atom. The summed E-state index contributed by atoms with van der Waals surface area (Å²) in [5.74, 6) is 0. The van der Waals surface area contributed by atoms with Crippen molar-refractivity contribution in [3.05, 3.63) is 28.3 Å². The molecule has 0 unspecified atom stereocenters. The number of nitrogens with one attached hydrogen (secondary N) is 1. The standard InChI is InChI=1S/C14H20N4O4S/c1-23(21,22)17-8-6-16(7-9-17)12-4-5-14(18(19)20)13(10-12)15-11-2-3-11/h4-5,10-11,15H,2-3,6-9H2,1H3. The average molecular weight is 340 g/mol. The number of piperazine rings is 1. The van der Waals surface area contributed by atoms with Crippen LogP contribution in [0.4, 0.5) is 17.1 Å². The average Bonchev–Trinajstić information content (AvgIpc) is 3.30. The quantitative estimate of drug-likeness (QED) is 0.640. The maximum absolute atomic E-state index is 11.6. The number of sulfonamides is 1. The lowest BCUT2D eigenvalue weighted by Gasteiger charge is -2.34. The van der Waals surface area contributed by atoms with Crippen molar-refractivity contribution in [2.75, 3.05) is 42.7 Å². The Bertz CT molecular complexity index is 709. The van der Waals surface area contributed by atoms with Crippen LogP contribution in [0, 0.1) is 10.1 Å². The summed E-state index contributed by atoms with van der Waals surface area (Å²) in [4.78, 5) is 12.8. The minimum Gasteiger partial charge on any atom is -0.377 e. The molecule has 2 aliphatic rings. The van der Waals surface area contributed by atoms with Gasteiger partial charge in [-0.2, -0.15) is 4.31 Å². The first-order valence-corrected chi connectivity index (χ1v) is 9.44. The van der Waals surface area contributed by atoms with E-state index in [9.17, 15) is 18.5 Å². The summed E-state index contributed by atoms with van der Waals surface area (Å²) < 4.78 is 24.6. The van der Waals surface area contributed by atoms with Gasteiger partial charge in [-0.1, -0.05) is 0 Å². The number of nitrogens with zero attached hydrogens (tertiary/aromatic N) is 3. The van der Waals surface area contributed by atoms with E-state index in [0.717, 1.165) is 18.5 Å². The lowest BCUT2D eigenvalue weighted by Crippen LogP contribution is -2.48. The van der Waals surface area contributed by atoms with E-state index in [1.807, 2.05) is 0 Å². The van der Waals surface area contributed by atoms with Gasteiger partial charge in [-0.05, 0) is 25.0 Å². The van der Waals surface area contributed by atoms with E-state index >= 15 is 0 Å². The highest BCUT2D eigenvalue weighted by molar-refractivity contribution is 7.88. The third-order valence-electron chi connectivity index (χ3n) is 4.19. The van der Waals surface area contributed by atoms with Crippen molar-refractivity contribution in [2.45, 2.75) is 18.9 Å². The first-order chi connectivity index (χ1) is 10.8. The molecular formula is C14H20N4O4S. The molecule has 1 heterocycles. The van der Waals surface area contributed by atoms with Crippen LogP contribution in [-0.2, 0) is 10.0 Å². The van der Waals surface area contributed by atoms with Crippen LogP contribution in [0.15, 0.2) is 18.2 Å². The second kappa shape index (κ2) is 5.97. The predicted octanol–water partition coefficient (Wildman–Crippen LogP) is 1.25. The monoisotopic (exact) mass is 340 g/mol. The fourth-order valence-electron chi connectivity index (χ4n) is 2.72. The Morgan fingerprint density at radius 1 is 1.22 bits per heavy atom. The van der Waals surface area contributed by atoms with Crippen molar-refractivity contribution in [1.29, 1.82) is 0 Å². The third kappa shape index (κ3) is 3.73. The smallest absolute Gasteiger partial charge is 0.292 e.